The molecule has 0 bridgehead atoms. The molecule has 2 nitrogen and oxygen atoms in total. The summed E-state index contributed by atoms with van der Waals surface area (Å²) in [4.78, 5) is 2.46. The topological polar surface area (TPSA) is 16.4 Å². The minimum Gasteiger partial charge on any atom is -0.456 e. The second-order valence-electron chi connectivity index (χ2n) is 12.8. The largest absolute Gasteiger partial charge is 0.456 e. The fourth-order valence-corrected chi connectivity index (χ4v) is 8.40. The van der Waals surface area contributed by atoms with Gasteiger partial charge in [0, 0.05) is 16.6 Å². The van der Waals surface area contributed by atoms with Gasteiger partial charge in [-0.3, -0.25) is 0 Å². The number of hydrogen-bond donors (Lipinski definition) is 0. The lowest BCUT2D eigenvalue weighted by atomic mass is 9.66. The summed E-state index contributed by atoms with van der Waals surface area (Å²) in [6.07, 6.45) is 0. The maximum atomic E-state index is 6.46. The van der Waals surface area contributed by atoms with Crippen LogP contribution < -0.4 is 4.90 Å². The molecule has 0 saturated carbocycles. The zero-order valence-electron chi connectivity index (χ0n) is 26.8. The van der Waals surface area contributed by atoms with E-state index in [-0.39, 0.29) is 0 Å². The van der Waals surface area contributed by atoms with Crippen molar-refractivity contribution in [1.82, 2.24) is 0 Å². The van der Waals surface area contributed by atoms with Crippen molar-refractivity contribution in [3.05, 3.63) is 210 Å². The van der Waals surface area contributed by atoms with Crippen LogP contribution in [0.25, 0.3) is 43.8 Å². The van der Waals surface area contributed by atoms with Crippen LogP contribution in [0, 0.1) is 0 Å². The molecule has 0 radical (unpaired) electrons. The molecule has 9 aromatic rings. The van der Waals surface area contributed by atoms with Gasteiger partial charge in [-0.2, -0.15) is 0 Å². The number of nitrogens with zero attached hydrogens (tertiary/aromatic N) is 1. The van der Waals surface area contributed by atoms with Crippen LogP contribution in [0.15, 0.2) is 192 Å². The maximum Gasteiger partial charge on any atom is 0.137 e. The molecule has 1 heterocycles. The van der Waals surface area contributed by atoms with Crippen LogP contribution in [0.2, 0.25) is 0 Å². The summed E-state index contributed by atoms with van der Waals surface area (Å²) in [7, 11) is 0. The molecule has 10 rings (SSSR count). The van der Waals surface area contributed by atoms with E-state index in [9.17, 15) is 0 Å². The van der Waals surface area contributed by atoms with Crippen molar-refractivity contribution < 1.29 is 4.42 Å². The predicted molar refractivity (Wildman–Crippen MR) is 203 cm³/mol. The van der Waals surface area contributed by atoms with E-state index >= 15 is 0 Å². The van der Waals surface area contributed by atoms with E-state index in [0.29, 0.717) is 0 Å². The Morgan fingerprint density at radius 2 is 1.04 bits per heavy atom. The number of benzene rings is 8. The Labute approximate surface area is 285 Å². The van der Waals surface area contributed by atoms with Crippen molar-refractivity contribution in [3.63, 3.8) is 0 Å². The molecule has 0 spiro atoms. The standard InChI is InChI=1S/C47H31NO/c1-4-18-33(19-5-1)47(34-20-6-2-7-21-34)39-27-14-12-25-37(39)45-41(31-32-17-10-11-24-36(32)46(45)47)48(35-22-8-3-9-23-35)40-28-16-30-43-44(40)38-26-13-15-29-42(38)49-43/h1-31H. The van der Waals surface area contributed by atoms with Gasteiger partial charge < -0.3 is 9.32 Å². The van der Waals surface area contributed by atoms with E-state index in [2.05, 4.69) is 187 Å². The third kappa shape index (κ3) is 3.95. The average Bonchev–Trinajstić information content (AvgIpc) is 3.71. The number of rotatable bonds is 5. The van der Waals surface area contributed by atoms with Gasteiger partial charge in [-0.15, -0.1) is 0 Å². The first-order valence-corrected chi connectivity index (χ1v) is 16.9. The lowest BCUT2D eigenvalue weighted by molar-refractivity contribution is 0.669. The monoisotopic (exact) mass is 625 g/mol. The molecule has 1 aliphatic rings. The summed E-state index contributed by atoms with van der Waals surface area (Å²) in [5.74, 6) is 0. The fraction of sp³-hybridized carbons (Fsp3) is 0.0213. The predicted octanol–water partition coefficient (Wildman–Crippen LogP) is 12.6. The lowest BCUT2D eigenvalue weighted by Gasteiger charge is -2.35. The molecule has 1 aliphatic carbocycles. The molecule has 49 heavy (non-hydrogen) atoms. The van der Waals surface area contributed by atoms with Crippen LogP contribution in [0.1, 0.15) is 22.3 Å². The van der Waals surface area contributed by atoms with Crippen LogP contribution >= 0.6 is 0 Å². The van der Waals surface area contributed by atoms with Crippen molar-refractivity contribution in [1.29, 1.82) is 0 Å². The SMILES string of the molecule is c1ccc(N(c2cc3ccccc3c3c2-c2ccccc2C3(c2ccccc2)c2ccccc2)c2cccc3oc4ccccc4c23)cc1. The molecule has 0 N–H and O–H groups in total. The van der Waals surface area contributed by atoms with Gasteiger partial charge in [-0.25, -0.2) is 0 Å². The molecule has 0 amide bonds. The number of fused-ring (bicyclic) bond motifs is 8. The van der Waals surface area contributed by atoms with E-state index in [4.69, 9.17) is 4.42 Å². The Morgan fingerprint density at radius 1 is 0.449 bits per heavy atom. The van der Waals surface area contributed by atoms with Gasteiger partial charge in [-0.05, 0) is 75.0 Å². The third-order valence-electron chi connectivity index (χ3n) is 10.3. The number of furan rings is 1. The average molecular weight is 626 g/mol. The second-order valence-corrected chi connectivity index (χ2v) is 12.8. The van der Waals surface area contributed by atoms with E-state index in [0.717, 1.165) is 39.0 Å². The van der Waals surface area contributed by atoms with Gasteiger partial charge in [-0.1, -0.05) is 152 Å². The molecule has 0 saturated heterocycles. The lowest BCUT2D eigenvalue weighted by Crippen LogP contribution is -2.29. The molecule has 0 atom stereocenters. The van der Waals surface area contributed by atoms with Gasteiger partial charge in [0.25, 0.3) is 0 Å². The Kier molecular flexibility index (Phi) is 6.13. The van der Waals surface area contributed by atoms with Crippen LogP contribution in [0.3, 0.4) is 0 Å². The first-order chi connectivity index (χ1) is 24.3. The van der Waals surface area contributed by atoms with Crippen molar-refractivity contribution in [2.45, 2.75) is 5.41 Å². The zero-order valence-corrected chi connectivity index (χ0v) is 26.8. The number of anilines is 3. The summed E-state index contributed by atoms with van der Waals surface area (Å²) in [6, 6.07) is 68.0. The second kappa shape index (κ2) is 10.8. The summed E-state index contributed by atoms with van der Waals surface area (Å²) in [5, 5.41) is 4.66. The fourth-order valence-electron chi connectivity index (χ4n) is 8.40. The minimum absolute atomic E-state index is 0.541. The molecule has 0 fully saturated rings. The van der Waals surface area contributed by atoms with E-state index in [1.807, 2.05) is 6.07 Å². The molecule has 0 aliphatic heterocycles. The van der Waals surface area contributed by atoms with E-state index < -0.39 is 5.41 Å². The molecular weight excluding hydrogens is 595 g/mol. The summed E-state index contributed by atoms with van der Waals surface area (Å²) in [5.41, 5.74) is 12.1. The quantitative estimate of drug-likeness (QED) is 0.189. The maximum absolute atomic E-state index is 6.46. The Balaban J connectivity index is 1.41. The highest BCUT2D eigenvalue weighted by Crippen LogP contribution is 2.61. The Bertz CT molecular complexity index is 2620. The summed E-state index contributed by atoms with van der Waals surface area (Å²) >= 11 is 0. The zero-order chi connectivity index (χ0) is 32.4. The minimum atomic E-state index is -0.541. The third-order valence-corrected chi connectivity index (χ3v) is 10.3. The van der Waals surface area contributed by atoms with Crippen LogP contribution in [-0.4, -0.2) is 0 Å². The van der Waals surface area contributed by atoms with Crippen molar-refractivity contribution in [3.8, 4) is 11.1 Å². The van der Waals surface area contributed by atoms with Crippen molar-refractivity contribution >= 4 is 49.8 Å². The molecule has 230 valence electrons. The van der Waals surface area contributed by atoms with Gasteiger partial charge in [0.15, 0.2) is 0 Å². The highest BCUT2D eigenvalue weighted by Gasteiger charge is 2.48. The molecule has 8 aromatic carbocycles. The normalized spacial score (nSPS) is 13.1. The van der Waals surface area contributed by atoms with Gasteiger partial charge >= 0.3 is 0 Å². The smallest absolute Gasteiger partial charge is 0.137 e. The van der Waals surface area contributed by atoms with Crippen LogP contribution in [0.4, 0.5) is 17.1 Å². The van der Waals surface area contributed by atoms with Gasteiger partial charge in [0.2, 0.25) is 0 Å². The summed E-state index contributed by atoms with van der Waals surface area (Å²) < 4.78 is 6.46. The first kappa shape index (κ1) is 27.7. The number of para-hydroxylation sites is 2. The molecule has 2 heteroatoms. The van der Waals surface area contributed by atoms with Crippen LogP contribution in [0.5, 0.6) is 0 Å². The highest BCUT2D eigenvalue weighted by atomic mass is 16.3. The summed E-state index contributed by atoms with van der Waals surface area (Å²) in [6.45, 7) is 0. The van der Waals surface area contributed by atoms with E-state index in [1.165, 1.54) is 44.2 Å². The Hall–Kier alpha value is -6.38. The van der Waals surface area contributed by atoms with Crippen LogP contribution in [-0.2, 0) is 5.41 Å². The molecule has 1 aromatic heterocycles. The van der Waals surface area contributed by atoms with Crippen molar-refractivity contribution in [2.24, 2.45) is 0 Å². The molecule has 0 unspecified atom stereocenters. The Morgan fingerprint density at radius 3 is 1.80 bits per heavy atom. The molecular formula is C47H31NO. The van der Waals surface area contributed by atoms with Crippen molar-refractivity contribution in [2.75, 3.05) is 4.90 Å². The van der Waals surface area contributed by atoms with E-state index in [1.54, 1.807) is 0 Å². The highest BCUT2D eigenvalue weighted by molar-refractivity contribution is 6.15. The first-order valence-electron chi connectivity index (χ1n) is 16.9. The number of hydrogen-bond acceptors (Lipinski definition) is 2. The van der Waals surface area contributed by atoms with Gasteiger partial charge in [0.05, 0.1) is 22.2 Å². The van der Waals surface area contributed by atoms with Gasteiger partial charge in [0.1, 0.15) is 11.2 Å².